The van der Waals surface area contributed by atoms with Gasteiger partial charge in [-0.05, 0) is 61.5 Å². The fourth-order valence-electron chi connectivity index (χ4n) is 7.63. The van der Waals surface area contributed by atoms with Gasteiger partial charge >= 0.3 is 6.16 Å². The highest BCUT2D eigenvalue weighted by atomic mass is 16.7. The molecule has 0 aromatic carbocycles. The van der Waals surface area contributed by atoms with E-state index in [-0.39, 0.29) is 27.9 Å². The van der Waals surface area contributed by atoms with Crippen LogP contribution >= 0.6 is 0 Å². The molecule has 0 heterocycles. The molecule has 7 atom stereocenters. The lowest BCUT2D eigenvalue weighted by atomic mass is 9.46. The Hall–Kier alpha value is -1.91. The van der Waals surface area contributed by atoms with E-state index in [1.165, 1.54) is 0 Å². The third kappa shape index (κ3) is 2.03. The van der Waals surface area contributed by atoms with Crippen molar-refractivity contribution in [1.29, 1.82) is 0 Å². The first-order valence-corrected chi connectivity index (χ1v) is 10.1. The normalized spacial score (nSPS) is 49.9. The second-order valence-corrected chi connectivity index (χ2v) is 9.79. The summed E-state index contributed by atoms with van der Waals surface area (Å²) in [7, 11) is 0. The minimum Gasteiger partial charge on any atom is -0.450 e. The summed E-state index contributed by atoms with van der Waals surface area (Å²) in [6.07, 6.45) is 8.70. The van der Waals surface area contributed by atoms with E-state index in [4.69, 9.17) is 4.74 Å². The molecule has 0 bridgehead atoms. The second-order valence-electron chi connectivity index (χ2n) is 9.79. The third-order valence-corrected chi connectivity index (χ3v) is 8.96. The Morgan fingerprint density at radius 2 is 2.00 bits per heavy atom. The number of rotatable bonds is 1. The number of carboxylic acid groups (broad SMARTS) is 1. The van der Waals surface area contributed by atoms with Gasteiger partial charge in [0.25, 0.3) is 0 Å². The zero-order chi connectivity index (χ0) is 19.2. The summed E-state index contributed by atoms with van der Waals surface area (Å²) in [6, 6.07) is 0. The summed E-state index contributed by atoms with van der Waals surface area (Å²) >= 11 is 0. The van der Waals surface area contributed by atoms with Crippen molar-refractivity contribution in [2.75, 3.05) is 0 Å². The van der Waals surface area contributed by atoms with E-state index in [1.54, 1.807) is 12.2 Å². The first kappa shape index (κ1) is 17.2. The van der Waals surface area contributed by atoms with Gasteiger partial charge in [-0.2, -0.15) is 0 Å². The van der Waals surface area contributed by atoms with E-state index in [1.807, 2.05) is 6.08 Å². The van der Waals surface area contributed by atoms with Crippen LogP contribution in [0.5, 0.6) is 0 Å². The highest BCUT2D eigenvalue weighted by Gasteiger charge is 2.74. The number of ketones is 2. The number of carbonyl (C=O) groups excluding carboxylic acids is 2. The van der Waals surface area contributed by atoms with E-state index < -0.39 is 12.3 Å². The third-order valence-electron chi connectivity index (χ3n) is 8.96. The van der Waals surface area contributed by atoms with Crippen LogP contribution in [-0.4, -0.2) is 28.9 Å². The monoisotopic (exact) mass is 370 g/mol. The quantitative estimate of drug-likeness (QED) is 0.708. The van der Waals surface area contributed by atoms with Crippen LogP contribution in [0, 0.1) is 34.0 Å². The number of hydrogen-bond acceptors (Lipinski definition) is 4. The highest BCUT2D eigenvalue weighted by Crippen LogP contribution is 2.75. The molecule has 144 valence electrons. The molecule has 0 amide bonds. The minimum atomic E-state index is -1.24. The van der Waals surface area contributed by atoms with E-state index in [0.29, 0.717) is 30.5 Å². The van der Waals surface area contributed by atoms with Crippen molar-refractivity contribution >= 4 is 17.7 Å². The Morgan fingerprint density at radius 3 is 2.67 bits per heavy atom. The summed E-state index contributed by atoms with van der Waals surface area (Å²) in [5, 5.41) is 9.42. The van der Waals surface area contributed by atoms with Crippen LogP contribution in [0.1, 0.15) is 52.4 Å². The molecule has 27 heavy (non-hydrogen) atoms. The van der Waals surface area contributed by atoms with Gasteiger partial charge in [0, 0.05) is 23.2 Å². The van der Waals surface area contributed by atoms with E-state index in [0.717, 1.165) is 31.3 Å². The number of allylic oxidation sites excluding steroid dienone is 4. The van der Waals surface area contributed by atoms with Crippen molar-refractivity contribution in [2.45, 2.75) is 58.5 Å². The molecule has 4 fully saturated rings. The van der Waals surface area contributed by atoms with Gasteiger partial charge < -0.3 is 9.84 Å². The number of Topliss-reactive ketones (excluding diaryl/α,β-unsaturated/α-hetero) is 1. The smallest absolute Gasteiger partial charge is 0.450 e. The molecular weight excluding hydrogens is 344 g/mol. The molecule has 0 saturated heterocycles. The molecule has 0 aliphatic heterocycles. The van der Waals surface area contributed by atoms with Gasteiger partial charge in [-0.15, -0.1) is 0 Å². The predicted octanol–water partition coefficient (Wildman–Crippen LogP) is 3.93. The maximum Gasteiger partial charge on any atom is 0.506 e. The summed E-state index contributed by atoms with van der Waals surface area (Å²) < 4.78 is 5.49. The molecule has 4 saturated carbocycles. The van der Waals surface area contributed by atoms with Crippen molar-refractivity contribution in [1.82, 2.24) is 0 Å². The Kier molecular flexibility index (Phi) is 3.26. The van der Waals surface area contributed by atoms with Crippen LogP contribution in [0.15, 0.2) is 23.8 Å². The first-order valence-electron chi connectivity index (χ1n) is 10.1. The molecule has 5 aliphatic carbocycles. The second kappa shape index (κ2) is 5.12. The summed E-state index contributed by atoms with van der Waals surface area (Å²) in [5.41, 5.74) is 0.352. The average Bonchev–Trinajstić information content (AvgIpc) is 3.16. The SMILES string of the molecule is C[C@]12C=CC(=O)C=C1CC[C@@H]1[C@@H]2[C@@H](OC(=O)O)C[C@@]2(C)[C@H]1CC[C@]21CC1=O. The maximum atomic E-state index is 12.4. The van der Waals surface area contributed by atoms with Crippen molar-refractivity contribution in [3.05, 3.63) is 23.8 Å². The standard InChI is InChI=1S/C22H26O5/c1-20-7-5-13(23)9-12(20)3-4-14-15-6-8-22(11-17(22)24)21(15,2)10-16(18(14)20)27-19(25)26/h5,7,9,14-16,18H,3-4,6,8,10-11H2,1-2H3,(H,25,26)/t14-,15-,16-,18+,20-,21-,22+/m0/s1. The fraction of sp³-hybridized carbons (Fsp3) is 0.682. The molecule has 1 spiro atoms. The van der Waals surface area contributed by atoms with E-state index in [2.05, 4.69) is 13.8 Å². The van der Waals surface area contributed by atoms with Crippen LogP contribution in [0.2, 0.25) is 0 Å². The molecule has 5 heteroatoms. The topological polar surface area (TPSA) is 80.7 Å². The zero-order valence-electron chi connectivity index (χ0n) is 15.9. The maximum absolute atomic E-state index is 12.4. The van der Waals surface area contributed by atoms with Gasteiger partial charge in [-0.1, -0.05) is 25.5 Å². The largest absolute Gasteiger partial charge is 0.506 e. The van der Waals surface area contributed by atoms with Gasteiger partial charge in [0.2, 0.25) is 0 Å². The molecule has 1 N–H and O–H groups in total. The molecule has 5 rings (SSSR count). The van der Waals surface area contributed by atoms with E-state index in [9.17, 15) is 19.5 Å². The van der Waals surface area contributed by atoms with Crippen LogP contribution in [-0.2, 0) is 14.3 Å². The zero-order valence-corrected chi connectivity index (χ0v) is 15.9. The number of hydrogen-bond donors (Lipinski definition) is 1. The Morgan fingerprint density at radius 1 is 1.26 bits per heavy atom. The fourth-order valence-corrected chi connectivity index (χ4v) is 7.63. The summed E-state index contributed by atoms with van der Waals surface area (Å²) in [4.78, 5) is 35.8. The lowest BCUT2D eigenvalue weighted by Gasteiger charge is -2.59. The van der Waals surface area contributed by atoms with Crippen molar-refractivity contribution in [3.63, 3.8) is 0 Å². The van der Waals surface area contributed by atoms with Crippen LogP contribution in [0.3, 0.4) is 0 Å². The molecule has 0 radical (unpaired) electrons. The first-order chi connectivity index (χ1) is 12.7. The van der Waals surface area contributed by atoms with E-state index >= 15 is 0 Å². The molecular formula is C22H26O5. The minimum absolute atomic E-state index is 0.0145. The van der Waals surface area contributed by atoms with Crippen molar-refractivity contribution < 1.29 is 24.2 Å². The molecule has 0 unspecified atom stereocenters. The summed E-state index contributed by atoms with van der Waals surface area (Å²) in [6.45, 7) is 4.34. The molecule has 5 aliphatic rings. The average molecular weight is 370 g/mol. The predicted molar refractivity (Wildman–Crippen MR) is 97.0 cm³/mol. The van der Waals surface area contributed by atoms with Crippen molar-refractivity contribution in [2.24, 2.45) is 34.0 Å². The highest BCUT2D eigenvalue weighted by molar-refractivity contribution is 6.02. The lowest BCUT2D eigenvalue weighted by molar-refractivity contribution is -0.135. The van der Waals surface area contributed by atoms with Gasteiger partial charge in [-0.25, -0.2) is 4.79 Å². The molecule has 0 aromatic heterocycles. The van der Waals surface area contributed by atoms with Crippen molar-refractivity contribution in [3.8, 4) is 0 Å². The Balaban J connectivity index is 1.60. The number of carbonyl (C=O) groups is 3. The number of ether oxygens (including phenoxy) is 1. The summed E-state index contributed by atoms with van der Waals surface area (Å²) in [5.74, 6) is 1.14. The lowest BCUT2D eigenvalue weighted by Crippen LogP contribution is -2.57. The van der Waals surface area contributed by atoms with Gasteiger partial charge in [-0.3, -0.25) is 9.59 Å². The van der Waals surface area contributed by atoms with Gasteiger partial charge in [0.15, 0.2) is 5.78 Å². The Bertz CT molecular complexity index is 825. The Labute approximate surface area is 158 Å². The van der Waals surface area contributed by atoms with Crippen LogP contribution in [0.25, 0.3) is 0 Å². The van der Waals surface area contributed by atoms with Gasteiger partial charge in [0.1, 0.15) is 11.9 Å². The molecule has 5 nitrogen and oxygen atoms in total. The van der Waals surface area contributed by atoms with Gasteiger partial charge in [0.05, 0.1) is 0 Å². The number of fused-ring (bicyclic) bond motifs is 6. The molecule has 0 aromatic rings. The van der Waals surface area contributed by atoms with Crippen LogP contribution < -0.4 is 0 Å². The van der Waals surface area contributed by atoms with Crippen LogP contribution in [0.4, 0.5) is 4.79 Å².